The van der Waals surface area contributed by atoms with Gasteiger partial charge in [-0.15, -0.1) is 11.3 Å². The van der Waals surface area contributed by atoms with E-state index in [9.17, 15) is 18.0 Å². The zero-order valence-corrected chi connectivity index (χ0v) is 19.0. The summed E-state index contributed by atoms with van der Waals surface area (Å²) < 4.78 is 33.0. The van der Waals surface area contributed by atoms with Gasteiger partial charge in [-0.3, -0.25) is 9.59 Å². The van der Waals surface area contributed by atoms with Gasteiger partial charge in [0.15, 0.2) is 6.61 Å². The lowest BCUT2D eigenvalue weighted by atomic mass is 10.2. The van der Waals surface area contributed by atoms with Gasteiger partial charge in [0.25, 0.3) is 11.8 Å². The van der Waals surface area contributed by atoms with Crippen LogP contribution in [0.15, 0.2) is 70.9 Å². The fraction of sp³-hybridized carbons (Fsp3) is 0.182. The second kappa shape index (κ2) is 10.9. The van der Waals surface area contributed by atoms with Crippen molar-refractivity contribution in [3.63, 3.8) is 0 Å². The van der Waals surface area contributed by atoms with Crippen molar-refractivity contribution in [1.82, 2.24) is 10.0 Å². The molecule has 168 valence electrons. The molecule has 32 heavy (non-hydrogen) atoms. The summed E-state index contributed by atoms with van der Waals surface area (Å²) in [6, 6.07) is 16.0. The van der Waals surface area contributed by atoms with Crippen LogP contribution in [0, 0.1) is 0 Å². The molecule has 2 aromatic carbocycles. The molecule has 3 rings (SSSR count). The van der Waals surface area contributed by atoms with Gasteiger partial charge in [-0.25, -0.2) is 13.1 Å². The molecule has 2 amide bonds. The number of rotatable bonds is 10. The summed E-state index contributed by atoms with van der Waals surface area (Å²) in [5, 5.41) is 7.22. The molecule has 0 spiro atoms. The Bertz CT molecular complexity index is 1160. The van der Waals surface area contributed by atoms with E-state index in [4.69, 9.17) is 4.74 Å². The number of thiophene rings is 1. The molecule has 10 heteroatoms. The zero-order valence-electron chi connectivity index (χ0n) is 17.3. The minimum absolute atomic E-state index is 0.0100. The minimum Gasteiger partial charge on any atom is -0.484 e. The van der Waals surface area contributed by atoms with Gasteiger partial charge in [0, 0.05) is 29.2 Å². The van der Waals surface area contributed by atoms with E-state index in [0.717, 1.165) is 4.88 Å². The standard InChI is InChI=1S/C22H23N3O5S2/c1-2-23-21(26)15-30-18-10-8-17(9-11-18)25-22(27)16-5-3-7-20(13-16)32(28,29)24-14-19-6-4-12-31-19/h3-13,24H,2,14-15H2,1H3,(H,23,26)(H,25,27). The molecule has 0 saturated carbocycles. The molecule has 0 fully saturated rings. The fourth-order valence-corrected chi connectivity index (χ4v) is 4.49. The van der Waals surface area contributed by atoms with Crippen molar-refractivity contribution in [2.24, 2.45) is 0 Å². The number of nitrogens with one attached hydrogen (secondary N) is 3. The van der Waals surface area contributed by atoms with Gasteiger partial charge in [-0.2, -0.15) is 0 Å². The van der Waals surface area contributed by atoms with E-state index in [1.165, 1.54) is 35.6 Å². The Morgan fingerprint density at radius 1 is 1.03 bits per heavy atom. The fourth-order valence-electron chi connectivity index (χ4n) is 2.70. The number of hydrogen-bond acceptors (Lipinski definition) is 6. The molecule has 0 atom stereocenters. The lowest BCUT2D eigenvalue weighted by Crippen LogP contribution is -2.28. The van der Waals surface area contributed by atoms with E-state index in [1.807, 2.05) is 24.4 Å². The molecule has 0 aliphatic carbocycles. The van der Waals surface area contributed by atoms with Gasteiger partial charge in [0.2, 0.25) is 10.0 Å². The monoisotopic (exact) mass is 473 g/mol. The quantitative estimate of drug-likeness (QED) is 0.419. The highest BCUT2D eigenvalue weighted by atomic mass is 32.2. The number of carbonyl (C=O) groups is 2. The molecule has 0 aliphatic heterocycles. The van der Waals surface area contributed by atoms with Gasteiger partial charge < -0.3 is 15.4 Å². The summed E-state index contributed by atoms with van der Waals surface area (Å²) in [6.07, 6.45) is 0. The first-order valence-electron chi connectivity index (χ1n) is 9.80. The van der Waals surface area contributed by atoms with Crippen molar-refractivity contribution in [3.8, 4) is 5.75 Å². The number of carbonyl (C=O) groups excluding carboxylic acids is 2. The van der Waals surface area contributed by atoms with E-state index in [1.54, 1.807) is 24.3 Å². The Balaban J connectivity index is 1.61. The van der Waals surface area contributed by atoms with E-state index in [2.05, 4.69) is 15.4 Å². The number of hydrogen-bond donors (Lipinski definition) is 3. The van der Waals surface area contributed by atoms with Crippen LogP contribution in [-0.4, -0.2) is 33.4 Å². The normalized spacial score (nSPS) is 11.0. The number of amides is 2. The maximum absolute atomic E-state index is 12.6. The second-order valence-electron chi connectivity index (χ2n) is 6.65. The van der Waals surface area contributed by atoms with Crippen LogP contribution in [0.3, 0.4) is 0 Å². The summed E-state index contributed by atoms with van der Waals surface area (Å²) in [5.41, 5.74) is 0.713. The van der Waals surface area contributed by atoms with Crippen molar-refractivity contribution < 1.29 is 22.7 Å². The summed E-state index contributed by atoms with van der Waals surface area (Å²) in [7, 11) is -3.76. The van der Waals surface area contributed by atoms with Crippen LogP contribution in [-0.2, 0) is 21.4 Å². The number of likely N-dealkylation sites (N-methyl/N-ethyl adjacent to an activating group) is 1. The van der Waals surface area contributed by atoms with Crippen LogP contribution in [0.1, 0.15) is 22.2 Å². The van der Waals surface area contributed by atoms with E-state index < -0.39 is 15.9 Å². The van der Waals surface area contributed by atoms with Crippen molar-refractivity contribution in [1.29, 1.82) is 0 Å². The minimum atomic E-state index is -3.76. The third kappa shape index (κ3) is 6.64. The molecular formula is C22H23N3O5S2. The first-order valence-corrected chi connectivity index (χ1v) is 12.2. The second-order valence-corrected chi connectivity index (χ2v) is 9.45. The maximum Gasteiger partial charge on any atom is 0.257 e. The number of ether oxygens (including phenoxy) is 1. The third-order valence-electron chi connectivity index (χ3n) is 4.28. The molecule has 0 unspecified atom stereocenters. The van der Waals surface area contributed by atoms with E-state index >= 15 is 0 Å². The highest BCUT2D eigenvalue weighted by Gasteiger charge is 2.16. The van der Waals surface area contributed by atoms with Crippen LogP contribution >= 0.6 is 11.3 Å². The summed E-state index contributed by atoms with van der Waals surface area (Å²) in [6.45, 7) is 2.44. The highest BCUT2D eigenvalue weighted by Crippen LogP contribution is 2.18. The Hall–Kier alpha value is -3.21. The molecule has 3 N–H and O–H groups in total. The number of anilines is 1. The number of benzene rings is 2. The van der Waals surface area contributed by atoms with Crippen LogP contribution in [0.25, 0.3) is 0 Å². The maximum atomic E-state index is 12.6. The smallest absolute Gasteiger partial charge is 0.257 e. The van der Waals surface area contributed by atoms with Gasteiger partial charge in [-0.05, 0) is 60.8 Å². The molecule has 0 bridgehead atoms. The zero-order chi connectivity index (χ0) is 23.0. The SMILES string of the molecule is CCNC(=O)COc1ccc(NC(=O)c2cccc(S(=O)(=O)NCc3cccs3)c2)cc1. The molecule has 0 aliphatic rings. The molecule has 0 saturated heterocycles. The molecule has 1 heterocycles. The van der Waals surface area contributed by atoms with E-state index in [-0.39, 0.29) is 29.5 Å². The largest absolute Gasteiger partial charge is 0.484 e. The van der Waals surface area contributed by atoms with E-state index in [0.29, 0.717) is 18.0 Å². The van der Waals surface area contributed by atoms with Crippen molar-refractivity contribution in [2.75, 3.05) is 18.5 Å². The van der Waals surface area contributed by atoms with Crippen LogP contribution in [0.4, 0.5) is 5.69 Å². The van der Waals surface area contributed by atoms with Gasteiger partial charge >= 0.3 is 0 Å². The average Bonchev–Trinajstić information content (AvgIpc) is 3.31. The summed E-state index contributed by atoms with van der Waals surface area (Å²) in [4.78, 5) is 24.9. The lowest BCUT2D eigenvalue weighted by molar-refractivity contribution is -0.122. The van der Waals surface area contributed by atoms with Crippen molar-refractivity contribution >= 4 is 38.9 Å². The van der Waals surface area contributed by atoms with Crippen LogP contribution in [0.2, 0.25) is 0 Å². The highest BCUT2D eigenvalue weighted by molar-refractivity contribution is 7.89. The predicted molar refractivity (Wildman–Crippen MR) is 123 cm³/mol. The first-order chi connectivity index (χ1) is 15.4. The molecule has 8 nitrogen and oxygen atoms in total. The Morgan fingerprint density at radius 3 is 2.50 bits per heavy atom. The Kier molecular flexibility index (Phi) is 7.98. The average molecular weight is 474 g/mol. The van der Waals surface area contributed by atoms with Gasteiger partial charge in [0.1, 0.15) is 5.75 Å². The summed E-state index contributed by atoms with van der Waals surface area (Å²) >= 11 is 1.46. The summed E-state index contributed by atoms with van der Waals surface area (Å²) in [5.74, 6) is -0.181. The molecule has 0 radical (unpaired) electrons. The van der Waals surface area contributed by atoms with Gasteiger partial charge in [0.05, 0.1) is 4.90 Å². The Morgan fingerprint density at radius 2 is 1.81 bits per heavy atom. The van der Waals surface area contributed by atoms with Crippen LogP contribution < -0.4 is 20.1 Å². The lowest BCUT2D eigenvalue weighted by Gasteiger charge is -2.10. The third-order valence-corrected chi connectivity index (χ3v) is 6.55. The van der Waals surface area contributed by atoms with Crippen molar-refractivity contribution in [2.45, 2.75) is 18.4 Å². The molecule has 3 aromatic rings. The number of sulfonamides is 1. The Labute approximate surface area is 190 Å². The van der Waals surface area contributed by atoms with Crippen molar-refractivity contribution in [3.05, 3.63) is 76.5 Å². The first kappa shape index (κ1) is 23.5. The van der Waals surface area contributed by atoms with Gasteiger partial charge in [-0.1, -0.05) is 12.1 Å². The molecule has 1 aromatic heterocycles. The predicted octanol–water partition coefficient (Wildman–Crippen LogP) is 2.99. The topological polar surface area (TPSA) is 114 Å². The van der Waals surface area contributed by atoms with Crippen LogP contribution in [0.5, 0.6) is 5.75 Å². The molecular weight excluding hydrogens is 450 g/mol.